The molecule has 1 aliphatic heterocycles. The van der Waals surface area contributed by atoms with Crippen LogP contribution in [-0.2, 0) is 14.3 Å². The molecule has 1 atom stereocenters. The van der Waals surface area contributed by atoms with Crippen LogP contribution in [0.3, 0.4) is 0 Å². The summed E-state index contributed by atoms with van der Waals surface area (Å²) in [5.41, 5.74) is 1.03. The monoisotopic (exact) mass is 358 g/mol. The predicted octanol–water partition coefficient (Wildman–Crippen LogP) is 2.98. The van der Waals surface area contributed by atoms with Crippen LogP contribution in [-0.4, -0.2) is 41.9 Å². The largest absolute Gasteiger partial charge is 0.452 e. The zero-order chi connectivity index (χ0) is 18.5. The standard InChI is InChI=1S/C20H26N2O4/c1-2-17-5-3-4-12-22(17)18(23)13-26-20(25)15-8-10-16(11-9-15)21-19(24)14-6-7-14/h8-11,14,17H,2-7,12-13H2,1H3,(H,21,24). The number of nitrogens with one attached hydrogen (secondary N) is 1. The lowest BCUT2D eigenvalue weighted by Crippen LogP contribution is -2.45. The summed E-state index contributed by atoms with van der Waals surface area (Å²) >= 11 is 0. The lowest BCUT2D eigenvalue weighted by atomic mass is 10.00. The molecule has 2 amide bonds. The molecule has 6 heteroatoms. The lowest BCUT2D eigenvalue weighted by Gasteiger charge is -2.35. The van der Waals surface area contributed by atoms with E-state index in [-0.39, 0.29) is 30.4 Å². The summed E-state index contributed by atoms with van der Waals surface area (Å²) in [6.45, 7) is 2.59. The quantitative estimate of drug-likeness (QED) is 0.793. The number of benzene rings is 1. The van der Waals surface area contributed by atoms with E-state index in [1.807, 2.05) is 4.90 Å². The first-order valence-electron chi connectivity index (χ1n) is 9.46. The molecule has 1 saturated heterocycles. The van der Waals surface area contributed by atoms with Crippen LogP contribution in [0.1, 0.15) is 55.8 Å². The van der Waals surface area contributed by atoms with Crippen molar-refractivity contribution in [1.29, 1.82) is 0 Å². The highest BCUT2D eigenvalue weighted by atomic mass is 16.5. The Labute approximate surface area is 153 Å². The number of amides is 2. The summed E-state index contributed by atoms with van der Waals surface area (Å²) in [5, 5.41) is 2.82. The van der Waals surface area contributed by atoms with Gasteiger partial charge < -0.3 is 15.0 Å². The molecule has 1 heterocycles. The molecular weight excluding hydrogens is 332 g/mol. The molecule has 0 bridgehead atoms. The molecule has 1 saturated carbocycles. The van der Waals surface area contributed by atoms with Gasteiger partial charge in [0.2, 0.25) is 5.91 Å². The molecule has 0 aromatic heterocycles. The van der Waals surface area contributed by atoms with E-state index >= 15 is 0 Å². The SMILES string of the molecule is CCC1CCCCN1C(=O)COC(=O)c1ccc(NC(=O)C2CC2)cc1. The van der Waals surface area contributed by atoms with Crippen molar-refractivity contribution in [1.82, 2.24) is 4.90 Å². The molecule has 3 rings (SSSR count). The van der Waals surface area contributed by atoms with E-state index in [0.29, 0.717) is 11.3 Å². The fourth-order valence-corrected chi connectivity index (χ4v) is 3.33. The Morgan fingerprint density at radius 3 is 2.50 bits per heavy atom. The summed E-state index contributed by atoms with van der Waals surface area (Å²) in [4.78, 5) is 38.1. The number of esters is 1. The Hall–Kier alpha value is -2.37. The average Bonchev–Trinajstić information content (AvgIpc) is 3.51. The number of piperidine rings is 1. The van der Waals surface area contributed by atoms with Gasteiger partial charge in [-0.2, -0.15) is 0 Å². The normalized spacial score (nSPS) is 19.7. The van der Waals surface area contributed by atoms with E-state index in [4.69, 9.17) is 4.74 Å². The molecule has 2 aliphatic rings. The van der Waals surface area contributed by atoms with Crippen molar-refractivity contribution in [3.05, 3.63) is 29.8 Å². The second-order valence-corrected chi connectivity index (χ2v) is 7.06. The van der Waals surface area contributed by atoms with Crippen LogP contribution in [0.2, 0.25) is 0 Å². The smallest absolute Gasteiger partial charge is 0.338 e. The van der Waals surface area contributed by atoms with Crippen LogP contribution in [0.25, 0.3) is 0 Å². The summed E-state index contributed by atoms with van der Waals surface area (Å²) in [5.74, 6) is -0.494. The molecule has 1 aromatic rings. The number of ether oxygens (including phenoxy) is 1. The number of nitrogens with zero attached hydrogens (tertiary/aromatic N) is 1. The molecule has 1 N–H and O–H groups in total. The summed E-state index contributed by atoms with van der Waals surface area (Å²) in [6, 6.07) is 6.81. The first kappa shape index (κ1) is 18.4. The highest BCUT2D eigenvalue weighted by Gasteiger charge is 2.29. The minimum Gasteiger partial charge on any atom is -0.452 e. The Bertz CT molecular complexity index is 667. The highest BCUT2D eigenvalue weighted by Crippen LogP contribution is 2.30. The van der Waals surface area contributed by atoms with E-state index in [2.05, 4.69) is 12.2 Å². The minimum absolute atomic E-state index is 0.0259. The van der Waals surface area contributed by atoms with Gasteiger partial charge in [-0.1, -0.05) is 6.92 Å². The third kappa shape index (κ3) is 4.62. The Morgan fingerprint density at radius 1 is 1.12 bits per heavy atom. The lowest BCUT2D eigenvalue weighted by molar-refractivity contribution is -0.138. The molecule has 140 valence electrons. The van der Waals surface area contributed by atoms with Gasteiger partial charge in [-0.25, -0.2) is 4.79 Å². The molecule has 1 aliphatic carbocycles. The van der Waals surface area contributed by atoms with Gasteiger partial charge in [0.25, 0.3) is 5.91 Å². The maximum Gasteiger partial charge on any atom is 0.338 e. The van der Waals surface area contributed by atoms with Crippen molar-refractivity contribution >= 4 is 23.5 Å². The van der Waals surface area contributed by atoms with Crippen molar-refractivity contribution in [2.75, 3.05) is 18.5 Å². The number of carbonyl (C=O) groups is 3. The van der Waals surface area contributed by atoms with Crippen molar-refractivity contribution < 1.29 is 19.1 Å². The van der Waals surface area contributed by atoms with Gasteiger partial charge in [-0.3, -0.25) is 9.59 Å². The molecular formula is C20H26N2O4. The highest BCUT2D eigenvalue weighted by molar-refractivity contribution is 5.95. The first-order valence-corrected chi connectivity index (χ1v) is 9.46. The van der Waals surface area contributed by atoms with Gasteiger partial charge in [0.15, 0.2) is 6.61 Å². The number of hydrogen-bond donors (Lipinski definition) is 1. The van der Waals surface area contributed by atoms with E-state index in [1.54, 1.807) is 24.3 Å². The van der Waals surface area contributed by atoms with Crippen molar-refractivity contribution in [2.24, 2.45) is 5.92 Å². The van der Waals surface area contributed by atoms with Gasteiger partial charge >= 0.3 is 5.97 Å². The fraction of sp³-hybridized carbons (Fsp3) is 0.550. The third-order valence-corrected chi connectivity index (χ3v) is 5.08. The molecule has 0 spiro atoms. The van der Waals surface area contributed by atoms with E-state index in [1.165, 1.54) is 0 Å². The van der Waals surface area contributed by atoms with Crippen molar-refractivity contribution in [3.8, 4) is 0 Å². The van der Waals surface area contributed by atoms with Crippen LogP contribution in [0.5, 0.6) is 0 Å². The second-order valence-electron chi connectivity index (χ2n) is 7.06. The van der Waals surface area contributed by atoms with E-state index < -0.39 is 5.97 Å². The topological polar surface area (TPSA) is 75.7 Å². The number of likely N-dealkylation sites (tertiary alicyclic amines) is 1. The number of carbonyl (C=O) groups excluding carboxylic acids is 3. The Balaban J connectivity index is 1.49. The van der Waals surface area contributed by atoms with Crippen LogP contribution in [0, 0.1) is 5.92 Å². The summed E-state index contributed by atoms with van der Waals surface area (Å²) < 4.78 is 5.19. The minimum atomic E-state index is -0.525. The molecule has 26 heavy (non-hydrogen) atoms. The predicted molar refractivity (Wildman–Crippen MR) is 97.7 cm³/mol. The zero-order valence-electron chi connectivity index (χ0n) is 15.2. The maximum atomic E-state index is 12.3. The fourth-order valence-electron chi connectivity index (χ4n) is 3.33. The van der Waals surface area contributed by atoms with Crippen LogP contribution in [0.15, 0.2) is 24.3 Å². The first-order chi connectivity index (χ1) is 12.6. The average molecular weight is 358 g/mol. The molecule has 1 unspecified atom stereocenters. The van der Waals surface area contributed by atoms with Crippen LogP contribution < -0.4 is 5.32 Å². The number of rotatable bonds is 6. The maximum absolute atomic E-state index is 12.3. The summed E-state index contributed by atoms with van der Waals surface area (Å²) in [7, 11) is 0. The molecule has 1 aromatic carbocycles. The zero-order valence-corrected chi connectivity index (χ0v) is 15.2. The van der Waals surface area contributed by atoms with Gasteiger partial charge in [0, 0.05) is 24.2 Å². The van der Waals surface area contributed by atoms with Gasteiger partial charge in [0.1, 0.15) is 0 Å². The van der Waals surface area contributed by atoms with Crippen molar-refractivity contribution in [3.63, 3.8) is 0 Å². The van der Waals surface area contributed by atoms with Gasteiger partial charge in [-0.15, -0.1) is 0 Å². The molecule has 2 fully saturated rings. The van der Waals surface area contributed by atoms with Gasteiger partial charge in [0.05, 0.1) is 5.56 Å². The summed E-state index contributed by atoms with van der Waals surface area (Å²) in [6.07, 6.45) is 5.98. The second kappa shape index (κ2) is 8.34. The van der Waals surface area contributed by atoms with Crippen LogP contribution >= 0.6 is 0 Å². The molecule has 0 radical (unpaired) electrons. The third-order valence-electron chi connectivity index (χ3n) is 5.08. The Kier molecular flexibility index (Phi) is 5.91. The Morgan fingerprint density at radius 2 is 1.85 bits per heavy atom. The van der Waals surface area contributed by atoms with Crippen molar-refractivity contribution in [2.45, 2.75) is 51.5 Å². The number of hydrogen-bond acceptors (Lipinski definition) is 4. The van der Waals surface area contributed by atoms with Crippen LogP contribution in [0.4, 0.5) is 5.69 Å². The molecule has 6 nitrogen and oxygen atoms in total. The van der Waals surface area contributed by atoms with Gasteiger partial charge in [-0.05, 0) is 62.8 Å². The van der Waals surface area contributed by atoms with E-state index in [0.717, 1.165) is 45.1 Å². The number of anilines is 1. The van der Waals surface area contributed by atoms with E-state index in [9.17, 15) is 14.4 Å².